The third-order valence-electron chi connectivity index (χ3n) is 3.70. The molecular formula is C18H19N3O2S. The van der Waals surface area contributed by atoms with E-state index in [2.05, 4.69) is 10.3 Å². The van der Waals surface area contributed by atoms with Crippen LogP contribution in [-0.4, -0.2) is 36.6 Å². The van der Waals surface area contributed by atoms with Gasteiger partial charge in [-0.3, -0.25) is 4.79 Å². The number of nitrogens with one attached hydrogen (secondary N) is 1. The summed E-state index contributed by atoms with van der Waals surface area (Å²) in [7, 11) is 3.78. The van der Waals surface area contributed by atoms with Crippen LogP contribution in [0.5, 0.6) is 0 Å². The molecule has 2 aromatic heterocycles. The van der Waals surface area contributed by atoms with Gasteiger partial charge in [0.15, 0.2) is 0 Å². The number of nitrogens with zero attached hydrogens (tertiary/aromatic N) is 2. The Hall–Kier alpha value is -2.44. The highest BCUT2D eigenvalue weighted by Gasteiger charge is 2.14. The second-order valence-electron chi connectivity index (χ2n) is 5.71. The predicted molar refractivity (Wildman–Crippen MR) is 97.7 cm³/mol. The number of thiophene rings is 1. The molecule has 0 saturated carbocycles. The van der Waals surface area contributed by atoms with Crippen LogP contribution in [0.25, 0.3) is 10.1 Å². The monoisotopic (exact) mass is 341 g/mol. The van der Waals surface area contributed by atoms with E-state index in [-0.39, 0.29) is 12.5 Å². The summed E-state index contributed by atoms with van der Waals surface area (Å²) in [5.41, 5.74) is 0.476. The average molecular weight is 341 g/mol. The van der Waals surface area contributed by atoms with Gasteiger partial charge in [-0.1, -0.05) is 18.2 Å². The molecule has 3 aromatic rings. The van der Waals surface area contributed by atoms with Crippen molar-refractivity contribution in [1.82, 2.24) is 10.3 Å². The van der Waals surface area contributed by atoms with Crippen molar-refractivity contribution in [2.45, 2.75) is 6.10 Å². The van der Waals surface area contributed by atoms with Gasteiger partial charge in [0.1, 0.15) is 11.9 Å². The van der Waals surface area contributed by atoms with Crippen LogP contribution < -0.4 is 10.2 Å². The number of aliphatic hydroxyl groups excluding tert-OH is 1. The van der Waals surface area contributed by atoms with Crippen molar-refractivity contribution in [3.63, 3.8) is 0 Å². The lowest BCUT2D eigenvalue weighted by molar-refractivity contribution is 0.0917. The molecule has 0 aliphatic carbocycles. The van der Waals surface area contributed by atoms with E-state index in [1.807, 2.05) is 49.3 Å². The highest BCUT2D eigenvalue weighted by molar-refractivity contribution is 7.19. The minimum Gasteiger partial charge on any atom is -0.386 e. The lowest BCUT2D eigenvalue weighted by Gasteiger charge is -2.12. The SMILES string of the molecule is CN(C)c1ccc(C(=O)NCC(O)c2cc3ccccc3s2)cn1. The van der Waals surface area contributed by atoms with E-state index >= 15 is 0 Å². The van der Waals surface area contributed by atoms with E-state index in [1.165, 1.54) is 17.5 Å². The van der Waals surface area contributed by atoms with E-state index in [1.54, 1.807) is 12.1 Å². The molecule has 6 heteroatoms. The molecule has 3 rings (SSSR count). The van der Waals surface area contributed by atoms with Crippen molar-refractivity contribution in [1.29, 1.82) is 0 Å². The smallest absolute Gasteiger partial charge is 0.252 e. The first-order chi connectivity index (χ1) is 11.5. The first kappa shape index (κ1) is 16.4. The highest BCUT2D eigenvalue weighted by atomic mass is 32.1. The highest BCUT2D eigenvalue weighted by Crippen LogP contribution is 2.29. The Kier molecular flexibility index (Phi) is 4.78. The molecule has 0 spiro atoms. The van der Waals surface area contributed by atoms with Gasteiger partial charge in [0.2, 0.25) is 0 Å². The number of anilines is 1. The fraction of sp³-hybridized carbons (Fsp3) is 0.222. The Labute approximate surface area is 144 Å². The second-order valence-corrected chi connectivity index (χ2v) is 6.83. The number of amides is 1. The van der Waals surface area contributed by atoms with Crippen molar-refractivity contribution in [2.75, 3.05) is 25.5 Å². The zero-order valence-electron chi connectivity index (χ0n) is 13.6. The van der Waals surface area contributed by atoms with Crippen molar-refractivity contribution >= 4 is 33.1 Å². The van der Waals surface area contributed by atoms with Gasteiger partial charge in [-0.2, -0.15) is 0 Å². The fourth-order valence-corrected chi connectivity index (χ4v) is 3.39. The Morgan fingerprint density at radius 1 is 1.29 bits per heavy atom. The lowest BCUT2D eigenvalue weighted by Crippen LogP contribution is -2.28. The molecule has 2 N–H and O–H groups in total. The summed E-state index contributed by atoms with van der Waals surface area (Å²) in [6.45, 7) is 0.168. The van der Waals surface area contributed by atoms with Crippen molar-refractivity contribution in [3.05, 3.63) is 59.1 Å². The number of hydrogen-bond donors (Lipinski definition) is 2. The maximum absolute atomic E-state index is 12.2. The van der Waals surface area contributed by atoms with Crippen molar-refractivity contribution in [2.24, 2.45) is 0 Å². The van der Waals surface area contributed by atoms with Gasteiger partial charge in [0, 0.05) is 36.4 Å². The number of rotatable bonds is 5. The first-order valence-electron chi connectivity index (χ1n) is 7.62. The van der Waals surface area contributed by atoms with Gasteiger partial charge in [0.25, 0.3) is 5.91 Å². The summed E-state index contributed by atoms with van der Waals surface area (Å²) in [5, 5.41) is 14.2. The number of benzene rings is 1. The summed E-state index contributed by atoms with van der Waals surface area (Å²) in [4.78, 5) is 19.1. The zero-order valence-corrected chi connectivity index (χ0v) is 14.4. The van der Waals surface area contributed by atoms with Crippen molar-refractivity contribution in [3.8, 4) is 0 Å². The van der Waals surface area contributed by atoms with Gasteiger partial charge in [-0.25, -0.2) is 4.98 Å². The van der Waals surface area contributed by atoms with Crippen LogP contribution in [0.3, 0.4) is 0 Å². The molecule has 0 fully saturated rings. The Morgan fingerprint density at radius 3 is 2.75 bits per heavy atom. The summed E-state index contributed by atoms with van der Waals surface area (Å²) in [6.07, 6.45) is 0.816. The molecular weight excluding hydrogens is 322 g/mol. The third-order valence-corrected chi connectivity index (χ3v) is 4.91. The van der Waals surface area contributed by atoms with E-state index in [0.29, 0.717) is 5.56 Å². The minimum atomic E-state index is -0.722. The molecule has 1 aromatic carbocycles. The molecule has 0 bridgehead atoms. The number of hydrogen-bond acceptors (Lipinski definition) is 5. The van der Waals surface area contributed by atoms with Crippen LogP contribution in [0.2, 0.25) is 0 Å². The fourth-order valence-electron chi connectivity index (χ4n) is 2.34. The average Bonchev–Trinajstić information content (AvgIpc) is 3.03. The Bertz CT molecular complexity index is 810. The standard InChI is InChI=1S/C18H19N3O2S/c1-21(2)17-8-7-13(10-19-17)18(23)20-11-14(22)16-9-12-5-3-4-6-15(12)24-16/h3-10,14,22H,11H2,1-2H3,(H,20,23). The summed E-state index contributed by atoms with van der Waals surface area (Å²) < 4.78 is 1.13. The summed E-state index contributed by atoms with van der Waals surface area (Å²) in [6, 6.07) is 13.5. The number of fused-ring (bicyclic) bond motifs is 1. The van der Waals surface area contributed by atoms with Crippen LogP contribution >= 0.6 is 11.3 Å². The number of aliphatic hydroxyl groups is 1. The molecule has 1 atom stereocenters. The maximum atomic E-state index is 12.2. The number of carbonyl (C=O) groups is 1. The molecule has 1 amide bonds. The van der Waals surface area contributed by atoms with Crippen LogP contribution in [0.15, 0.2) is 48.7 Å². The number of pyridine rings is 1. The van der Waals surface area contributed by atoms with E-state index in [0.717, 1.165) is 20.8 Å². The summed E-state index contributed by atoms with van der Waals surface area (Å²) >= 11 is 1.54. The van der Waals surface area contributed by atoms with Crippen LogP contribution in [0.1, 0.15) is 21.3 Å². The predicted octanol–water partition coefficient (Wildman–Crippen LogP) is 2.83. The van der Waals surface area contributed by atoms with Crippen molar-refractivity contribution < 1.29 is 9.90 Å². The molecule has 124 valence electrons. The Balaban J connectivity index is 1.62. The van der Waals surface area contributed by atoms with Gasteiger partial charge in [-0.05, 0) is 29.7 Å². The third kappa shape index (κ3) is 3.55. The molecule has 0 radical (unpaired) electrons. The first-order valence-corrected chi connectivity index (χ1v) is 8.44. The lowest BCUT2D eigenvalue weighted by atomic mass is 10.2. The quantitative estimate of drug-likeness (QED) is 0.749. The van der Waals surface area contributed by atoms with Crippen LogP contribution in [0.4, 0.5) is 5.82 Å². The normalized spacial score (nSPS) is 12.1. The summed E-state index contributed by atoms with van der Waals surface area (Å²) in [5.74, 6) is 0.546. The van der Waals surface area contributed by atoms with Gasteiger partial charge < -0.3 is 15.3 Å². The van der Waals surface area contributed by atoms with E-state index < -0.39 is 6.10 Å². The van der Waals surface area contributed by atoms with Gasteiger partial charge in [0.05, 0.1) is 5.56 Å². The van der Waals surface area contributed by atoms with Gasteiger partial charge in [-0.15, -0.1) is 11.3 Å². The molecule has 5 nitrogen and oxygen atoms in total. The molecule has 0 aliphatic heterocycles. The van der Waals surface area contributed by atoms with Gasteiger partial charge >= 0.3 is 0 Å². The maximum Gasteiger partial charge on any atom is 0.252 e. The molecule has 2 heterocycles. The Morgan fingerprint density at radius 2 is 2.08 bits per heavy atom. The number of aromatic nitrogens is 1. The van der Waals surface area contributed by atoms with Crippen LogP contribution in [0, 0.1) is 0 Å². The second kappa shape index (κ2) is 6.98. The van der Waals surface area contributed by atoms with Crippen LogP contribution in [-0.2, 0) is 0 Å². The minimum absolute atomic E-state index is 0.168. The molecule has 24 heavy (non-hydrogen) atoms. The van der Waals surface area contributed by atoms with E-state index in [4.69, 9.17) is 0 Å². The molecule has 0 aliphatic rings. The molecule has 0 saturated heterocycles. The topological polar surface area (TPSA) is 65.5 Å². The van der Waals surface area contributed by atoms with E-state index in [9.17, 15) is 9.90 Å². The largest absolute Gasteiger partial charge is 0.386 e. The molecule has 1 unspecified atom stereocenters. The zero-order chi connectivity index (χ0) is 17.1. The number of carbonyl (C=O) groups excluding carboxylic acids is 1.